The molecule has 0 unspecified atom stereocenters. The first-order valence-electron chi connectivity index (χ1n) is 13.8. The van der Waals surface area contributed by atoms with Crippen molar-refractivity contribution < 1.29 is 23.9 Å². The first-order chi connectivity index (χ1) is 19.7. The quantitative estimate of drug-likeness (QED) is 0.486. The summed E-state index contributed by atoms with van der Waals surface area (Å²) >= 11 is 1.30. The molecule has 41 heavy (non-hydrogen) atoms. The molecule has 1 atom stereocenters. The van der Waals surface area contributed by atoms with E-state index in [2.05, 4.69) is 20.6 Å². The third-order valence-corrected chi connectivity index (χ3v) is 7.89. The molecule has 3 aromatic rings. The number of benzene rings is 1. The standard InChI is InChI=1S/C29H38N6O5S/c1-18(2)25-28(37)31-10-6-12-34-14-11-30-27(34)21-8-9-22(39-5)23(16-21)40-15-7-13-35(17-24(36)33-25)29(38)26-19(3)32-20(4)41-26/h8-9,11,14,16,18,25H,6-7,10,12-13,15,17H2,1-5H3,(H,31,37)(H,33,36)/t25-/m1/s1. The Balaban J connectivity index is 1.61. The van der Waals surface area contributed by atoms with Crippen molar-refractivity contribution in [1.29, 1.82) is 0 Å². The highest BCUT2D eigenvalue weighted by molar-refractivity contribution is 7.13. The lowest BCUT2D eigenvalue weighted by Crippen LogP contribution is -2.52. The van der Waals surface area contributed by atoms with Gasteiger partial charge in [0.15, 0.2) is 11.5 Å². The van der Waals surface area contributed by atoms with Crippen LogP contribution in [0.5, 0.6) is 11.5 Å². The van der Waals surface area contributed by atoms with Crippen molar-refractivity contribution in [2.45, 2.75) is 53.1 Å². The van der Waals surface area contributed by atoms with E-state index >= 15 is 0 Å². The first kappa shape index (κ1) is 30.0. The molecule has 0 fully saturated rings. The minimum absolute atomic E-state index is 0.140. The summed E-state index contributed by atoms with van der Waals surface area (Å²) in [5.74, 6) is 0.863. The molecule has 2 aromatic heterocycles. The maximum Gasteiger partial charge on any atom is 0.266 e. The number of imidazole rings is 1. The van der Waals surface area contributed by atoms with Crippen LogP contribution in [0.3, 0.4) is 0 Å². The molecular formula is C29H38N6O5S. The van der Waals surface area contributed by atoms with Crippen molar-refractivity contribution in [3.05, 3.63) is 46.2 Å². The molecule has 2 N–H and O–H groups in total. The maximum absolute atomic E-state index is 13.5. The van der Waals surface area contributed by atoms with Gasteiger partial charge in [-0.15, -0.1) is 11.3 Å². The Kier molecular flexibility index (Phi) is 9.98. The Hall–Kier alpha value is -3.93. The summed E-state index contributed by atoms with van der Waals surface area (Å²) in [6.07, 6.45) is 4.78. The fourth-order valence-electron chi connectivity index (χ4n) is 4.74. The summed E-state index contributed by atoms with van der Waals surface area (Å²) in [4.78, 5) is 50.6. The van der Waals surface area contributed by atoms with Gasteiger partial charge in [-0.25, -0.2) is 9.97 Å². The Morgan fingerprint density at radius 3 is 2.71 bits per heavy atom. The molecule has 4 rings (SSSR count). The third-order valence-electron chi connectivity index (χ3n) is 6.83. The summed E-state index contributed by atoms with van der Waals surface area (Å²) in [5.41, 5.74) is 1.50. The van der Waals surface area contributed by atoms with Crippen LogP contribution in [-0.4, -0.2) is 76.5 Å². The monoisotopic (exact) mass is 582 g/mol. The molecule has 1 aliphatic rings. The third kappa shape index (κ3) is 7.43. The van der Waals surface area contributed by atoms with Crippen LogP contribution in [0.25, 0.3) is 11.4 Å². The van der Waals surface area contributed by atoms with Crippen LogP contribution in [0.4, 0.5) is 0 Å². The van der Waals surface area contributed by atoms with Crippen LogP contribution in [0, 0.1) is 19.8 Å². The van der Waals surface area contributed by atoms with Gasteiger partial charge in [0.05, 0.1) is 31.0 Å². The highest BCUT2D eigenvalue weighted by Gasteiger charge is 2.27. The van der Waals surface area contributed by atoms with Gasteiger partial charge in [-0.1, -0.05) is 13.8 Å². The molecule has 0 radical (unpaired) electrons. The van der Waals surface area contributed by atoms with Gasteiger partial charge in [-0.2, -0.15) is 0 Å². The molecule has 1 aromatic carbocycles. The molecule has 2 bridgehead atoms. The number of aromatic nitrogens is 3. The van der Waals surface area contributed by atoms with Crippen molar-refractivity contribution in [2.75, 3.05) is 33.4 Å². The second-order valence-corrected chi connectivity index (χ2v) is 11.5. The van der Waals surface area contributed by atoms with Crippen molar-refractivity contribution in [3.8, 4) is 22.9 Å². The van der Waals surface area contributed by atoms with Crippen molar-refractivity contribution in [1.82, 2.24) is 30.1 Å². The Morgan fingerprint density at radius 1 is 1.20 bits per heavy atom. The molecule has 0 saturated carbocycles. The van der Waals surface area contributed by atoms with Gasteiger partial charge in [-0.05, 0) is 50.8 Å². The number of amides is 3. The predicted molar refractivity (Wildman–Crippen MR) is 156 cm³/mol. The van der Waals surface area contributed by atoms with Gasteiger partial charge in [-0.3, -0.25) is 14.4 Å². The van der Waals surface area contributed by atoms with Crippen molar-refractivity contribution in [2.24, 2.45) is 5.92 Å². The summed E-state index contributed by atoms with van der Waals surface area (Å²) < 4.78 is 13.7. The largest absolute Gasteiger partial charge is 0.493 e. The minimum Gasteiger partial charge on any atom is -0.493 e. The SMILES string of the molecule is COc1ccc2cc1OCCCN(C(=O)c1sc(C)nc1C)CC(=O)N[C@H](C(C)C)C(=O)NCCCn1ccnc1-2. The highest BCUT2D eigenvalue weighted by atomic mass is 32.1. The van der Waals surface area contributed by atoms with Gasteiger partial charge >= 0.3 is 0 Å². The zero-order valence-electron chi connectivity index (χ0n) is 24.2. The topological polar surface area (TPSA) is 128 Å². The van der Waals surface area contributed by atoms with Crippen molar-refractivity contribution in [3.63, 3.8) is 0 Å². The average Bonchev–Trinajstić information content (AvgIpc) is 3.55. The first-order valence-corrected chi connectivity index (χ1v) is 14.6. The minimum atomic E-state index is -0.727. The lowest BCUT2D eigenvalue weighted by atomic mass is 10.0. The number of methoxy groups -OCH3 is 1. The molecule has 0 saturated heterocycles. The van der Waals surface area contributed by atoms with Gasteiger partial charge in [0, 0.05) is 37.6 Å². The molecular weight excluding hydrogens is 544 g/mol. The van der Waals surface area contributed by atoms with Crippen LogP contribution in [0.2, 0.25) is 0 Å². The van der Waals surface area contributed by atoms with Crippen LogP contribution < -0.4 is 20.1 Å². The molecule has 0 spiro atoms. The number of nitrogens with one attached hydrogen (secondary N) is 2. The lowest BCUT2D eigenvalue weighted by Gasteiger charge is -2.25. The number of carbonyl (C=O) groups is 3. The van der Waals surface area contributed by atoms with E-state index in [1.54, 1.807) is 20.2 Å². The Morgan fingerprint density at radius 2 is 2.00 bits per heavy atom. The highest BCUT2D eigenvalue weighted by Crippen LogP contribution is 2.32. The van der Waals surface area contributed by atoms with E-state index in [1.807, 2.05) is 49.7 Å². The fourth-order valence-corrected chi connectivity index (χ4v) is 5.63. The number of hydrogen-bond donors (Lipinski definition) is 2. The van der Waals surface area contributed by atoms with E-state index in [4.69, 9.17) is 9.47 Å². The van der Waals surface area contributed by atoms with Gasteiger partial charge in [0.2, 0.25) is 11.8 Å². The average molecular weight is 583 g/mol. The molecule has 220 valence electrons. The lowest BCUT2D eigenvalue weighted by molar-refractivity contribution is -0.130. The number of nitrogens with zero attached hydrogens (tertiary/aromatic N) is 4. The van der Waals surface area contributed by atoms with E-state index < -0.39 is 11.9 Å². The second kappa shape index (κ2) is 13.6. The number of hydrogen-bond acceptors (Lipinski definition) is 8. The number of rotatable bonds is 3. The number of ether oxygens (including phenoxy) is 2. The van der Waals surface area contributed by atoms with E-state index in [0.717, 1.165) is 16.4 Å². The zero-order chi connectivity index (χ0) is 29.5. The van der Waals surface area contributed by atoms with Crippen molar-refractivity contribution >= 4 is 29.1 Å². The van der Waals surface area contributed by atoms with E-state index in [-0.39, 0.29) is 37.4 Å². The Bertz CT molecular complexity index is 1380. The molecule has 11 nitrogen and oxygen atoms in total. The van der Waals surface area contributed by atoms with Crippen LogP contribution >= 0.6 is 11.3 Å². The summed E-state index contributed by atoms with van der Waals surface area (Å²) in [5, 5.41) is 6.58. The Labute approximate surface area is 244 Å². The number of aryl methyl sites for hydroxylation is 3. The maximum atomic E-state index is 13.5. The normalized spacial score (nSPS) is 17.4. The van der Waals surface area contributed by atoms with E-state index in [1.165, 1.54) is 16.2 Å². The van der Waals surface area contributed by atoms with Gasteiger partial charge in [0.1, 0.15) is 16.7 Å². The van der Waals surface area contributed by atoms with Crippen LogP contribution in [-0.2, 0) is 16.1 Å². The molecule has 12 heteroatoms. The summed E-state index contributed by atoms with van der Waals surface area (Å²) in [7, 11) is 1.58. The molecule has 1 aliphatic heterocycles. The molecule has 0 aliphatic carbocycles. The fraction of sp³-hybridized carbons (Fsp3) is 0.483. The van der Waals surface area contributed by atoms with Gasteiger partial charge < -0.3 is 29.6 Å². The second-order valence-electron chi connectivity index (χ2n) is 10.3. The predicted octanol–water partition coefficient (Wildman–Crippen LogP) is 3.20. The number of thiazole rings is 1. The smallest absolute Gasteiger partial charge is 0.266 e. The van der Waals surface area contributed by atoms with Crippen LogP contribution in [0.15, 0.2) is 30.6 Å². The zero-order valence-corrected chi connectivity index (χ0v) is 25.0. The van der Waals surface area contributed by atoms with Crippen LogP contribution in [0.1, 0.15) is 47.1 Å². The molecule has 3 heterocycles. The summed E-state index contributed by atoms with van der Waals surface area (Å²) in [6.45, 7) is 8.83. The van der Waals surface area contributed by atoms with E-state index in [0.29, 0.717) is 48.0 Å². The number of carbonyl (C=O) groups excluding carboxylic acids is 3. The number of fused-ring (bicyclic) bond motifs is 4. The summed E-state index contributed by atoms with van der Waals surface area (Å²) in [6, 6.07) is 4.93. The molecule has 3 amide bonds. The van der Waals surface area contributed by atoms with Gasteiger partial charge in [0.25, 0.3) is 5.91 Å². The van der Waals surface area contributed by atoms with E-state index in [9.17, 15) is 14.4 Å².